The van der Waals surface area contributed by atoms with Crippen molar-refractivity contribution < 1.29 is 4.52 Å². The predicted octanol–water partition coefficient (Wildman–Crippen LogP) is 1.71. The summed E-state index contributed by atoms with van der Waals surface area (Å²) in [6, 6.07) is 1.82. The molecule has 0 bridgehead atoms. The van der Waals surface area contributed by atoms with Crippen molar-refractivity contribution in [1.82, 2.24) is 15.1 Å². The second kappa shape index (κ2) is 5.55. The quantitative estimate of drug-likeness (QED) is 0.753. The zero-order chi connectivity index (χ0) is 13.8. The highest BCUT2D eigenvalue weighted by atomic mass is 16.5. The van der Waals surface area contributed by atoms with Gasteiger partial charge in [0.2, 0.25) is 5.95 Å². The van der Waals surface area contributed by atoms with Crippen LogP contribution in [-0.2, 0) is 6.54 Å². The normalized spacial score (nSPS) is 10.5. The van der Waals surface area contributed by atoms with E-state index in [-0.39, 0.29) is 5.95 Å². The molecule has 7 heteroatoms. The van der Waals surface area contributed by atoms with Crippen LogP contribution in [0.4, 0.5) is 17.6 Å². The van der Waals surface area contributed by atoms with Gasteiger partial charge in [0.15, 0.2) is 0 Å². The van der Waals surface area contributed by atoms with Gasteiger partial charge in [-0.25, -0.2) is 0 Å². The van der Waals surface area contributed by atoms with Crippen LogP contribution in [-0.4, -0.2) is 21.7 Å². The van der Waals surface area contributed by atoms with Crippen molar-refractivity contribution in [1.29, 1.82) is 0 Å². The molecule has 0 atom stereocenters. The molecule has 19 heavy (non-hydrogen) atoms. The minimum atomic E-state index is 0.236. The van der Waals surface area contributed by atoms with Gasteiger partial charge >= 0.3 is 0 Å². The van der Waals surface area contributed by atoms with Crippen LogP contribution in [0, 0.1) is 13.8 Å². The smallest absolute Gasteiger partial charge is 0.223 e. The van der Waals surface area contributed by atoms with Crippen LogP contribution in [0.1, 0.15) is 23.9 Å². The van der Waals surface area contributed by atoms with Crippen LogP contribution in [0.15, 0.2) is 10.6 Å². The summed E-state index contributed by atoms with van der Waals surface area (Å²) in [5.74, 6) is 2.42. The summed E-state index contributed by atoms with van der Waals surface area (Å²) in [6.07, 6.45) is 0. The fourth-order valence-corrected chi connectivity index (χ4v) is 1.76. The number of nitrogens with zero attached hydrogens (tertiary/aromatic N) is 3. The molecule has 102 valence electrons. The summed E-state index contributed by atoms with van der Waals surface area (Å²) in [4.78, 5) is 8.23. The number of anilines is 3. The largest absolute Gasteiger partial charge is 0.370 e. The molecule has 0 aliphatic rings. The third kappa shape index (κ3) is 3.12. The van der Waals surface area contributed by atoms with Crippen LogP contribution in [0.2, 0.25) is 0 Å². The molecule has 2 rings (SSSR count). The molecular weight excluding hydrogens is 244 g/mol. The van der Waals surface area contributed by atoms with Crippen LogP contribution in [0.3, 0.4) is 0 Å². The van der Waals surface area contributed by atoms with Gasteiger partial charge in [0.25, 0.3) is 0 Å². The number of aryl methyl sites for hydroxylation is 2. The molecule has 0 saturated carbocycles. The standard InChI is InChI=1S/C12H18N6O/c1-4-14-10-5-11(17-12(13)16-10)15-6-9-7(2)18-19-8(9)3/h5H,4,6H2,1-3H3,(H4,13,14,15,16,17). The first-order chi connectivity index (χ1) is 9.10. The summed E-state index contributed by atoms with van der Waals surface area (Å²) < 4.78 is 5.11. The van der Waals surface area contributed by atoms with Gasteiger partial charge in [-0.05, 0) is 20.8 Å². The molecule has 0 spiro atoms. The number of nitrogen functional groups attached to an aromatic ring is 1. The van der Waals surface area contributed by atoms with Crippen molar-refractivity contribution in [2.24, 2.45) is 0 Å². The second-order valence-corrected chi connectivity index (χ2v) is 4.18. The van der Waals surface area contributed by atoms with E-state index in [1.165, 1.54) is 0 Å². The molecule has 0 radical (unpaired) electrons. The number of rotatable bonds is 5. The van der Waals surface area contributed by atoms with E-state index in [1.54, 1.807) is 0 Å². The van der Waals surface area contributed by atoms with Crippen molar-refractivity contribution >= 4 is 17.6 Å². The van der Waals surface area contributed by atoms with Crippen LogP contribution in [0.25, 0.3) is 0 Å². The van der Waals surface area contributed by atoms with Crippen LogP contribution in [0.5, 0.6) is 0 Å². The summed E-state index contributed by atoms with van der Waals surface area (Å²) in [6.45, 7) is 7.15. The molecule has 2 aromatic rings. The van der Waals surface area contributed by atoms with Gasteiger partial charge in [-0.1, -0.05) is 5.16 Å². The SMILES string of the molecule is CCNc1cc(NCc2c(C)noc2C)nc(N)n1. The van der Waals surface area contributed by atoms with Gasteiger partial charge in [-0.3, -0.25) is 0 Å². The van der Waals surface area contributed by atoms with E-state index in [2.05, 4.69) is 25.8 Å². The Bertz CT molecular complexity index is 546. The van der Waals surface area contributed by atoms with Gasteiger partial charge in [0.1, 0.15) is 17.4 Å². The highest BCUT2D eigenvalue weighted by Gasteiger charge is 2.09. The van der Waals surface area contributed by atoms with Crippen molar-refractivity contribution in [3.63, 3.8) is 0 Å². The Morgan fingerprint density at radius 3 is 2.47 bits per heavy atom. The summed E-state index contributed by atoms with van der Waals surface area (Å²) >= 11 is 0. The number of aromatic nitrogens is 3. The molecule has 0 fully saturated rings. The fraction of sp³-hybridized carbons (Fsp3) is 0.417. The molecule has 0 aliphatic heterocycles. The third-order valence-corrected chi connectivity index (χ3v) is 2.73. The first-order valence-electron chi connectivity index (χ1n) is 6.14. The lowest BCUT2D eigenvalue weighted by molar-refractivity contribution is 0.392. The first kappa shape index (κ1) is 13.1. The molecule has 4 N–H and O–H groups in total. The maximum absolute atomic E-state index is 5.67. The van der Waals surface area contributed by atoms with E-state index in [1.807, 2.05) is 26.8 Å². The second-order valence-electron chi connectivity index (χ2n) is 4.18. The number of hydrogen-bond donors (Lipinski definition) is 3. The molecule has 0 amide bonds. The number of nitrogens with one attached hydrogen (secondary N) is 2. The van der Waals surface area contributed by atoms with Crippen LogP contribution >= 0.6 is 0 Å². The molecular formula is C12H18N6O. The molecule has 7 nitrogen and oxygen atoms in total. The molecule has 0 aromatic carbocycles. The Morgan fingerprint density at radius 1 is 1.21 bits per heavy atom. The summed E-state index contributed by atoms with van der Waals surface area (Å²) in [5.41, 5.74) is 7.57. The Kier molecular flexibility index (Phi) is 3.84. The van der Waals surface area contributed by atoms with Gasteiger partial charge in [0, 0.05) is 24.7 Å². The van der Waals surface area contributed by atoms with E-state index in [4.69, 9.17) is 10.3 Å². The van der Waals surface area contributed by atoms with Gasteiger partial charge in [-0.2, -0.15) is 9.97 Å². The first-order valence-corrected chi connectivity index (χ1v) is 6.14. The van der Waals surface area contributed by atoms with E-state index in [0.29, 0.717) is 18.2 Å². The van der Waals surface area contributed by atoms with Gasteiger partial charge in [0.05, 0.1) is 5.69 Å². The predicted molar refractivity (Wildman–Crippen MR) is 73.9 cm³/mol. The maximum atomic E-state index is 5.67. The maximum Gasteiger partial charge on any atom is 0.223 e. The highest BCUT2D eigenvalue weighted by molar-refractivity contribution is 5.51. The van der Waals surface area contributed by atoms with Gasteiger partial charge in [-0.15, -0.1) is 0 Å². The minimum Gasteiger partial charge on any atom is -0.370 e. The number of nitrogens with two attached hydrogens (primary N) is 1. The van der Waals surface area contributed by atoms with Crippen molar-refractivity contribution in [2.45, 2.75) is 27.3 Å². The van der Waals surface area contributed by atoms with Crippen molar-refractivity contribution in [2.75, 3.05) is 22.9 Å². The van der Waals surface area contributed by atoms with Crippen molar-refractivity contribution in [3.8, 4) is 0 Å². The van der Waals surface area contributed by atoms with Crippen LogP contribution < -0.4 is 16.4 Å². The Morgan fingerprint density at radius 2 is 1.89 bits per heavy atom. The zero-order valence-electron chi connectivity index (χ0n) is 11.3. The Labute approximate surface area is 111 Å². The van der Waals surface area contributed by atoms with E-state index in [9.17, 15) is 0 Å². The van der Waals surface area contributed by atoms with E-state index >= 15 is 0 Å². The summed E-state index contributed by atoms with van der Waals surface area (Å²) in [7, 11) is 0. The molecule has 0 unspecified atom stereocenters. The Hall–Kier alpha value is -2.31. The lowest BCUT2D eigenvalue weighted by Gasteiger charge is -2.08. The zero-order valence-corrected chi connectivity index (χ0v) is 11.3. The molecule has 0 aliphatic carbocycles. The van der Waals surface area contributed by atoms with E-state index < -0.39 is 0 Å². The van der Waals surface area contributed by atoms with Gasteiger partial charge < -0.3 is 20.9 Å². The third-order valence-electron chi connectivity index (χ3n) is 2.73. The topological polar surface area (TPSA) is 102 Å². The molecule has 0 saturated heterocycles. The highest BCUT2D eigenvalue weighted by Crippen LogP contribution is 2.16. The lowest BCUT2D eigenvalue weighted by Crippen LogP contribution is -2.08. The fourth-order valence-electron chi connectivity index (χ4n) is 1.76. The monoisotopic (exact) mass is 262 g/mol. The number of hydrogen-bond acceptors (Lipinski definition) is 7. The average molecular weight is 262 g/mol. The Balaban J connectivity index is 2.11. The summed E-state index contributed by atoms with van der Waals surface area (Å²) in [5, 5.41) is 10.2. The van der Waals surface area contributed by atoms with E-state index in [0.717, 1.165) is 23.6 Å². The lowest BCUT2D eigenvalue weighted by atomic mass is 10.2. The minimum absolute atomic E-state index is 0.236. The van der Waals surface area contributed by atoms with Crippen molar-refractivity contribution in [3.05, 3.63) is 23.1 Å². The molecule has 2 heterocycles. The molecule has 2 aromatic heterocycles. The average Bonchev–Trinajstić information content (AvgIpc) is 2.66.